The third-order valence-corrected chi connectivity index (χ3v) is 11.5. The van der Waals surface area contributed by atoms with E-state index in [2.05, 4.69) is 26.1 Å². The molecule has 3 fully saturated rings. The second-order valence-corrected chi connectivity index (χ2v) is 14.9. The van der Waals surface area contributed by atoms with Crippen molar-refractivity contribution in [2.24, 2.45) is 34.5 Å². The molecule has 0 bridgehead atoms. The van der Waals surface area contributed by atoms with E-state index in [0.717, 1.165) is 24.7 Å². The Hall–Kier alpha value is -1.11. The van der Waals surface area contributed by atoms with E-state index in [0.29, 0.717) is 45.5 Å². The molecule has 4 aliphatic rings. The maximum absolute atomic E-state index is 12.0. The number of benzene rings is 1. The van der Waals surface area contributed by atoms with Gasteiger partial charge in [-0.3, -0.25) is 4.79 Å². The van der Waals surface area contributed by atoms with Crippen LogP contribution >= 0.6 is 23.2 Å². The molecule has 4 aliphatic carbocycles. The maximum atomic E-state index is 12.0. The summed E-state index contributed by atoms with van der Waals surface area (Å²) >= 11 is 11.8. The van der Waals surface area contributed by atoms with Crippen LogP contribution in [0, 0.1) is 34.5 Å². The molecule has 3 saturated carbocycles. The van der Waals surface area contributed by atoms with E-state index in [1.807, 2.05) is 26.8 Å². The Morgan fingerprint density at radius 1 is 1.08 bits per heavy atom. The first-order valence-corrected chi connectivity index (χ1v) is 15.4. The van der Waals surface area contributed by atoms with Crippen LogP contribution in [0.25, 0.3) is 0 Å². The molecule has 39 heavy (non-hydrogen) atoms. The van der Waals surface area contributed by atoms with Gasteiger partial charge in [-0.2, -0.15) is 0 Å². The van der Waals surface area contributed by atoms with Crippen molar-refractivity contribution in [1.82, 2.24) is 5.32 Å². The average Bonchev–Trinajstić information content (AvgIpc) is 3.16. The number of halogens is 2. The SMILES string of the molecule is CC(C)(C)NCC(O)c1cc(Cl)c(N)c(Cl)c1.CC1=CC(=O)C[C@@H]2CC[C@H]3[C@@H]4CC[C@H](O)[C@@]4(C)CC[C@@H]3[C@@]12C. The largest absolute Gasteiger partial charge is 0.396 e. The van der Waals surface area contributed by atoms with E-state index < -0.39 is 6.10 Å². The van der Waals surface area contributed by atoms with Gasteiger partial charge in [0.25, 0.3) is 0 Å². The van der Waals surface area contributed by atoms with Gasteiger partial charge in [-0.05, 0) is 124 Å². The van der Waals surface area contributed by atoms with Gasteiger partial charge in [-0.25, -0.2) is 0 Å². The Morgan fingerprint density at radius 3 is 2.33 bits per heavy atom. The number of aliphatic hydroxyl groups is 2. The lowest BCUT2D eigenvalue weighted by atomic mass is 9.45. The summed E-state index contributed by atoms with van der Waals surface area (Å²) in [7, 11) is 0. The van der Waals surface area contributed by atoms with Crippen LogP contribution in [0.5, 0.6) is 0 Å². The molecule has 0 heterocycles. The van der Waals surface area contributed by atoms with Crippen molar-refractivity contribution in [3.8, 4) is 0 Å². The first-order chi connectivity index (χ1) is 18.1. The molecular formula is C32H48Cl2N2O3. The predicted octanol–water partition coefficient (Wildman–Crippen LogP) is 7.12. The van der Waals surface area contributed by atoms with Crippen LogP contribution in [-0.2, 0) is 4.79 Å². The minimum atomic E-state index is -0.662. The summed E-state index contributed by atoms with van der Waals surface area (Å²) in [5.41, 5.74) is 8.30. The van der Waals surface area contributed by atoms with Gasteiger partial charge < -0.3 is 21.3 Å². The quantitative estimate of drug-likeness (QED) is 0.286. The number of β-amino-alcohol motifs (C(OH)–C–C–N with tert-alkyl or cyclic N) is 1. The fourth-order valence-corrected chi connectivity index (χ4v) is 8.85. The minimum Gasteiger partial charge on any atom is -0.396 e. The van der Waals surface area contributed by atoms with Crippen LogP contribution in [0.15, 0.2) is 23.8 Å². The molecule has 5 nitrogen and oxygen atoms in total. The number of carbonyl (C=O) groups is 1. The number of ketones is 1. The van der Waals surface area contributed by atoms with Gasteiger partial charge in [0, 0.05) is 18.5 Å². The highest BCUT2D eigenvalue weighted by Gasteiger charge is 2.60. The van der Waals surface area contributed by atoms with Crippen LogP contribution in [0.2, 0.25) is 10.0 Å². The summed E-state index contributed by atoms with van der Waals surface area (Å²) in [4.78, 5) is 12.0. The summed E-state index contributed by atoms with van der Waals surface area (Å²) < 4.78 is 0. The highest BCUT2D eigenvalue weighted by molar-refractivity contribution is 6.38. The molecule has 218 valence electrons. The molecule has 5 N–H and O–H groups in total. The van der Waals surface area contributed by atoms with Gasteiger partial charge in [-0.15, -0.1) is 0 Å². The minimum absolute atomic E-state index is 0.0532. The van der Waals surface area contributed by atoms with Crippen molar-refractivity contribution >= 4 is 34.7 Å². The molecule has 5 rings (SSSR count). The van der Waals surface area contributed by atoms with Crippen molar-refractivity contribution < 1.29 is 15.0 Å². The maximum Gasteiger partial charge on any atom is 0.155 e. The fourth-order valence-electron chi connectivity index (χ4n) is 8.35. The number of nitrogens with one attached hydrogen (secondary N) is 1. The highest BCUT2D eigenvalue weighted by atomic mass is 35.5. The molecule has 1 aromatic carbocycles. The molecule has 7 heteroatoms. The second-order valence-electron chi connectivity index (χ2n) is 14.1. The highest BCUT2D eigenvalue weighted by Crippen LogP contribution is 2.66. The zero-order chi connectivity index (χ0) is 28.9. The molecule has 0 radical (unpaired) electrons. The second kappa shape index (κ2) is 11.3. The topological polar surface area (TPSA) is 95.6 Å². The predicted molar refractivity (Wildman–Crippen MR) is 161 cm³/mol. The molecule has 1 unspecified atom stereocenters. The first kappa shape index (κ1) is 30.8. The van der Waals surface area contributed by atoms with Gasteiger partial charge in [0.15, 0.2) is 5.78 Å². The van der Waals surface area contributed by atoms with E-state index in [-0.39, 0.29) is 22.5 Å². The number of hydrogen-bond acceptors (Lipinski definition) is 5. The number of fused-ring (bicyclic) bond motifs is 5. The number of nitrogen functional groups attached to an aromatic ring is 1. The van der Waals surface area contributed by atoms with Crippen molar-refractivity contribution in [1.29, 1.82) is 0 Å². The van der Waals surface area contributed by atoms with E-state index in [1.165, 1.54) is 37.7 Å². The monoisotopic (exact) mass is 578 g/mol. The van der Waals surface area contributed by atoms with Gasteiger partial charge in [0.2, 0.25) is 0 Å². The zero-order valence-electron chi connectivity index (χ0n) is 24.5. The Bertz CT molecular complexity index is 1090. The standard InChI is InChI=1S/C20H30O2.C12H18Cl2N2O/c1-12-10-14(21)11-13-4-5-15-16-6-7-18(22)19(16,2)9-8-17(15)20(12,13)3;1-12(2,3)16-6-10(17)7-4-8(13)11(15)9(14)5-7/h10,13,15-18,22H,4-9,11H2,1-3H3;4-5,10,16-17H,6,15H2,1-3H3/t13-,15-,16-,17-,18-,19-,20-;/m0./s1. The number of allylic oxidation sites excluding steroid dienone is 2. The molecule has 0 aliphatic heterocycles. The van der Waals surface area contributed by atoms with Gasteiger partial charge in [-0.1, -0.05) is 42.6 Å². The molecule has 0 aromatic heterocycles. The van der Waals surface area contributed by atoms with E-state index in [1.54, 1.807) is 12.1 Å². The van der Waals surface area contributed by atoms with E-state index >= 15 is 0 Å². The number of carbonyl (C=O) groups excluding carboxylic acids is 1. The molecule has 0 spiro atoms. The molecule has 0 saturated heterocycles. The van der Waals surface area contributed by atoms with Crippen molar-refractivity contribution in [2.45, 2.75) is 104 Å². The first-order valence-electron chi connectivity index (χ1n) is 14.6. The Balaban J connectivity index is 0.000000188. The number of aliphatic hydroxyl groups excluding tert-OH is 2. The Morgan fingerprint density at radius 2 is 1.72 bits per heavy atom. The normalized spacial score (nSPS) is 36.6. The number of rotatable bonds is 3. The molecule has 8 atom stereocenters. The lowest BCUT2D eigenvalue weighted by Gasteiger charge is -2.60. The van der Waals surface area contributed by atoms with Gasteiger partial charge in [0.05, 0.1) is 27.9 Å². The summed E-state index contributed by atoms with van der Waals surface area (Å²) in [6.45, 7) is 13.5. The Labute approximate surface area is 244 Å². The molecule has 0 amide bonds. The summed E-state index contributed by atoms with van der Waals surface area (Å²) in [5, 5.41) is 24.4. The number of anilines is 1. The van der Waals surface area contributed by atoms with Crippen LogP contribution in [0.4, 0.5) is 5.69 Å². The van der Waals surface area contributed by atoms with E-state index in [4.69, 9.17) is 28.9 Å². The van der Waals surface area contributed by atoms with Gasteiger partial charge in [0.1, 0.15) is 0 Å². The third kappa shape index (κ3) is 5.95. The smallest absolute Gasteiger partial charge is 0.155 e. The van der Waals surface area contributed by atoms with Crippen molar-refractivity contribution in [3.05, 3.63) is 39.4 Å². The number of hydrogen-bond donors (Lipinski definition) is 4. The summed E-state index contributed by atoms with van der Waals surface area (Å²) in [6, 6.07) is 3.27. The van der Waals surface area contributed by atoms with Crippen LogP contribution < -0.4 is 11.1 Å². The van der Waals surface area contributed by atoms with E-state index in [9.17, 15) is 15.0 Å². The molecule has 1 aromatic rings. The van der Waals surface area contributed by atoms with Gasteiger partial charge >= 0.3 is 0 Å². The van der Waals surface area contributed by atoms with Crippen LogP contribution in [-0.4, -0.2) is 34.2 Å². The lowest BCUT2D eigenvalue weighted by Crippen LogP contribution is -2.54. The van der Waals surface area contributed by atoms with Crippen LogP contribution in [0.3, 0.4) is 0 Å². The number of nitrogens with two attached hydrogens (primary N) is 1. The lowest BCUT2D eigenvalue weighted by molar-refractivity contribution is -0.125. The summed E-state index contributed by atoms with van der Waals surface area (Å²) in [5.74, 6) is 3.08. The summed E-state index contributed by atoms with van der Waals surface area (Å²) in [6.07, 6.45) is 9.05. The van der Waals surface area contributed by atoms with Crippen LogP contribution in [0.1, 0.15) is 98.2 Å². The van der Waals surface area contributed by atoms with Crippen molar-refractivity contribution in [2.75, 3.05) is 12.3 Å². The van der Waals surface area contributed by atoms with Crippen molar-refractivity contribution in [3.63, 3.8) is 0 Å². The third-order valence-electron chi connectivity index (χ3n) is 10.8. The average molecular weight is 580 g/mol. The Kier molecular flexibility index (Phi) is 8.92. The fraction of sp³-hybridized carbons (Fsp3) is 0.719. The zero-order valence-corrected chi connectivity index (χ0v) is 26.0. The molecular weight excluding hydrogens is 531 g/mol.